The van der Waals surface area contributed by atoms with Crippen LogP contribution in [0.25, 0.3) is 0 Å². The molecular formula is C15H26BrN3S. The molecule has 5 heteroatoms. The van der Waals surface area contributed by atoms with Crippen LogP contribution in [0.4, 0.5) is 0 Å². The number of likely N-dealkylation sites (N-methyl/N-ethyl adjacent to an activating group) is 3. The molecule has 1 aliphatic rings. The number of nitrogens with zero attached hydrogens (tertiary/aromatic N) is 2. The molecule has 0 bridgehead atoms. The Kier molecular flexibility index (Phi) is 6.49. The van der Waals surface area contributed by atoms with Crippen LogP contribution in [-0.2, 0) is 6.42 Å². The van der Waals surface area contributed by atoms with Gasteiger partial charge in [-0.25, -0.2) is 0 Å². The molecule has 20 heavy (non-hydrogen) atoms. The summed E-state index contributed by atoms with van der Waals surface area (Å²) in [5.74, 6) is 0. The predicted molar refractivity (Wildman–Crippen MR) is 91.7 cm³/mol. The molecule has 0 saturated carbocycles. The number of hydrogen-bond donors (Lipinski definition) is 1. The topological polar surface area (TPSA) is 18.5 Å². The van der Waals surface area contributed by atoms with Crippen molar-refractivity contribution in [2.24, 2.45) is 0 Å². The maximum atomic E-state index is 3.67. The minimum absolute atomic E-state index is 0.574. The van der Waals surface area contributed by atoms with E-state index in [2.05, 4.69) is 64.2 Å². The molecule has 1 aromatic heterocycles. The molecule has 1 aromatic rings. The van der Waals surface area contributed by atoms with Gasteiger partial charge in [-0.15, -0.1) is 11.3 Å². The second kappa shape index (κ2) is 7.90. The van der Waals surface area contributed by atoms with E-state index in [0.29, 0.717) is 12.1 Å². The van der Waals surface area contributed by atoms with Crippen LogP contribution in [0, 0.1) is 0 Å². The first-order chi connectivity index (χ1) is 9.58. The molecule has 114 valence electrons. The van der Waals surface area contributed by atoms with Crippen molar-refractivity contribution in [3.8, 4) is 0 Å². The zero-order valence-corrected chi connectivity index (χ0v) is 15.1. The number of halogens is 1. The highest BCUT2D eigenvalue weighted by Gasteiger charge is 2.25. The van der Waals surface area contributed by atoms with Crippen molar-refractivity contribution in [1.29, 1.82) is 0 Å². The molecule has 2 atom stereocenters. The van der Waals surface area contributed by atoms with Gasteiger partial charge in [-0.3, -0.25) is 0 Å². The van der Waals surface area contributed by atoms with E-state index in [1.165, 1.54) is 34.7 Å². The highest BCUT2D eigenvalue weighted by molar-refractivity contribution is 9.11. The Balaban J connectivity index is 1.93. The zero-order valence-electron chi connectivity index (χ0n) is 12.7. The summed E-state index contributed by atoms with van der Waals surface area (Å²) in [7, 11) is 4.50. The number of nitrogens with one attached hydrogen (secondary N) is 1. The summed E-state index contributed by atoms with van der Waals surface area (Å²) in [4.78, 5) is 6.44. The lowest BCUT2D eigenvalue weighted by Gasteiger charge is -2.39. The molecule has 2 rings (SSSR count). The first kappa shape index (κ1) is 16.4. The summed E-state index contributed by atoms with van der Waals surface area (Å²) in [6, 6.07) is 5.64. The Morgan fingerprint density at radius 1 is 1.40 bits per heavy atom. The Morgan fingerprint density at radius 3 is 2.85 bits per heavy atom. The summed E-state index contributed by atoms with van der Waals surface area (Å²) < 4.78 is 1.23. The second-order valence-electron chi connectivity index (χ2n) is 5.80. The highest BCUT2D eigenvalue weighted by Crippen LogP contribution is 2.24. The summed E-state index contributed by atoms with van der Waals surface area (Å²) >= 11 is 5.42. The van der Waals surface area contributed by atoms with Crippen LogP contribution in [-0.4, -0.2) is 62.2 Å². The molecule has 3 nitrogen and oxygen atoms in total. The molecule has 0 aromatic carbocycles. The Labute approximate surface area is 135 Å². The lowest BCUT2D eigenvalue weighted by Crippen LogP contribution is -2.52. The number of piperazine rings is 1. The fourth-order valence-corrected chi connectivity index (χ4v) is 4.48. The summed E-state index contributed by atoms with van der Waals surface area (Å²) in [6.45, 7) is 6.81. The molecule has 0 amide bonds. The molecule has 0 radical (unpaired) electrons. The van der Waals surface area contributed by atoms with Crippen molar-refractivity contribution in [1.82, 2.24) is 15.1 Å². The maximum Gasteiger partial charge on any atom is 0.0701 e. The van der Waals surface area contributed by atoms with E-state index in [9.17, 15) is 0 Å². The normalized spacial score (nSPS) is 23.1. The minimum Gasteiger partial charge on any atom is -0.314 e. The molecule has 2 unspecified atom stereocenters. The molecular weight excluding hydrogens is 334 g/mol. The van der Waals surface area contributed by atoms with E-state index in [1.54, 1.807) is 0 Å². The lowest BCUT2D eigenvalue weighted by molar-refractivity contribution is 0.101. The maximum absolute atomic E-state index is 3.67. The fraction of sp³-hybridized carbons (Fsp3) is 0.733. The molecule has 0 spiro atoms. The standard InChI is InChI=1S/C15H26BrN3S/c1-4-17-12(10-14-5-6-15(16)20-14)9-13-11-18(2)7-8-19(13)3/h5-6,12-13,17H,4,7-11H2,1-3H3. The van der Waals surface area contributed by atoms with Crippen LogP contribution in [0.5, 0.6) is 0 Å². The van der Waals surface area contributed by atoms with Crippen LogP contribution in [0.2, 0.25) is 0 Å². The third-order valence-electron chi connectivity index (χ3n) is 4.11. The van der Waals surface area contributed by atoms with E-state index in [1.807, 2.05) is 11.3 Å². The van der Waals surface area contributed by atoms with Gasteiger partial charge in [-0.2, -0.15) is 0 Å². The average molecular weight is 360 g/mol. The van der Waals surface area contributed by atoms with Crippen LogP contribution in [0.3, 0.4) is 0 Å². The van der Waals surface area contributed by atoms with E-state index in [-0.39, 0.29) is 0 Å². The van der Waals surface area contributed by atoms with Crippen LogP contribution in [0.1, 0.15) is 18.2 Å². The van der Waals surface area contributed by atoms with Gasteiger partial charge in [-0.05, 0) is 61.5 Å². The third-order valence-corrected chi connectivity index (χ3v) is 5.75. The quantitative estimate of drug-likeness (QED) is 0.842. The average Bonchev–Trinajstić information content (AvgIpc) is 2.79. The first-order valence-electron chi connectivity index (χ1n) is 7.45. The highest BCUT2D eigenvalue weighted by atomic mass is 79.9. The van der Waals surface area contributed by atoms with Crippen LogP contribution < -0.4 is 5.32 Å². The second-order valence-corrected chi connectivity index (χ2v) is 8.34. The van der Waals surface area contributed by atoms with Crippen molar-refractivity contribution in [2.75, 3.05) is 40.3 Å². The van der Waals surface area contributed by atoms with Gasteiger partial charge in [0.1, 0.15) is 0 Å². The fourth-order valence-electron chi connectivity index (χ4n) is 2.92. The van der Waals surface area contributed by atoms with E-state index in [0.717, 1.165) is 13.0 Å². The first-order valence-corrected chi connectivity index (χ1v) is 9.05. The number of hydrogen-bond acceptors (Lipinski definition) is 4. The van der Waals surface area contributed by atoms with Crippen molar-refractivity contribution in [3.05, 3.63) is 20.8 Å². The SMILES string of the molecule is CCNC(Cc1ccc(Br)s1)CC1CN(C)CCN1C. The van der Waals surface area contributed by atoms with Gasteiger partial charge in [0.25, 0.3) is 0 Å². The van der Waals surface area contributed by atoms with E-state index >= 15 is 0 Å². The Bertz CT molecular complexity index is 410. The lowest BCUT2D eigenvalue weighted by atomic mass is 10.0. The van der Waals surface area contributed by atoms with Crippen LogP contribution >= 0.6 is 27.3 Å². The minimum atomic E-state index is 0.574. The molecule has 1 fully saturated rings. The van der Waals surface area contributed by atoms with Crippen molar-refractivity contribution in [2.45, 2.75) is 31.8 Å². The van der Waals surface area contributed by atoms with Crippen molar-refractivity contribution in [3.63, 3.8) is 0 Å². The Hall–Kier alpha value is 0.0600. The molecule has 1 saturated heterocycles. The van der Waals surface area contributed by atoms with Gasteiger partial charge < -0.3 is 15.1 Å². The van der Waals surface area contributed by atoms with Crippen molar-refractivity contribution >= 4 is 27.3 Å². The van der Waals surface area contributed by atoms with E-state index < -0.39 is 0 Å². The molecule has 1 N–H and O–H groups in total. The predicted octanol–water partition coefficient (Wildman–Crippen LogP) is 2.67. The summed E-state index contributed by atoms with van der Waals surface area (Å²) in [5, 5.41) is 3.67. The summed E-state index contributed by atoms with van der Waals surface area (Å²) in [5.41, 5.74) is 0. The third kappa shape index (κ3) is 4.81. The van der Waals surface area contributed by atoms with Gasteiger partial charge in [0.2, 0.25) is 0 Å². The molecule has 0 aliphatic carbocycles. The smallest absolute Gasteiger partial charge is 0.0701 e. The van der Waals surface area contributed by atoms with Crippen LogP contribution in [0.15, 0.2) is 15.9 Å². The monoisotopic (exact) mass is 359 g/mol. The molecule has 2 heterocycles. The number of thiophene rings is 1. The van der Waals surface area contributed by atoms with Gasteiger partial charge in [-0.1, -0.05) is 6.92 Å². The largest absolute Gasteiger partial charge is 0.314 e. The molecule has 1 aliphatic heterocycles. The van der Waals surface area contributed by atoms with Gasteiger partial charge in [0, 0.05) is 36.6 Å². The number of rotatable bonds is 6. The van der Waals surface area contributed by atoms with Gasteiger partial charge >= 0.3 is 0 Å². The summed E-state index contributed by atoms with van der Waals surface area (Å²) in [6.07, 6.45) is 2.36. The Morgan fingerprint density at radius 2 is 2.20 bits per heavy atom. The van der Waals surface area contributed by atoms with Crippen molar-refractivity contribution < 1.29 is 0 Å². The zero-order chi connectivity index (χ0) is 14.5. The van der Waals surface area contributed by atoms with Gasteiger partial charge in [0.05, 0.1) is 3.79 Å². The van der Waals surface area contributed by atoms with Gasteiger partial charge in [0.15, 0.2) is 0 Å². The van der Waals surface area contributed by atoms with E-state index in [4.69, 9.17) is 0 Å².